The normalized spacial score (nSPS) is 9.94. The molecular formula is C11H11N3O3. The third kappa shape index (κ3) is 2.60. The fourth-order valence-electron chi connectivity index (χ4n) is 1.28. The predicted molar refractivity (Wildman–Crippen MR) is 59.1 cm³/mol. The van der Waals surface area contributed by atoms with Crippen molar-refractivity contribution < 1.29 is 14.3 Å². The van der Waals surface area contributed by atoms with E-state index < -0.39 is 0 Å². The van der Waals surface area contributed by atoms with Gasteiger partial charge >= 0.3 is 0 Å². The van der Waals surface area contributed by atoms with Crippen LogP contribution in [-0.4, -0.2) is 28.6 Å². The van der Waals surface area contributed by atoms with Gasteiger partial charge in [0.2, 0.25) is 5.88 Å². The lowest BCUT2D eigenvalue weighted by atomic mass is 10.2. The van der Waals surface area contributed by atoms with Crippen LogP contribution in [-0.2, 0) is 6.61 Å². The fourth-order valence-corrected chi connectivity index (χ4v) is 1.28. The van der Waals surface area contributed by atoms with Crippen molar-refractivity contribution in [3.05, 3.63) is 35.8 Å². The third-order valence-corrected chi connectivity index (χ3v) is 2.16. The van der Waals surface area contributed by atoms with E-state index in [0.29, 0.717) is 30.1 Å². The first-order valence-electron chi connectivity index (χ1n) is 4.93. The number of methoxy groups -OCH3 is 1. The summed E-state index contributed by atoms with van der Waals surface area (Å²) in [6.07, 6.45) is 5.53. The van der Waals surface area contributed by atoms with Gasteiger partial charge in [0.25, 0.3) is 0 Å². The molecule has 0 unspecified atom stereocenters. The SMILES string of the molecule is COc1cc(C=O)c(OCc2cn[nH]c2)cn1. The number of hydrogen-bond acceptors (Lipinski definition) is 5. The van der Waals surface area contributed by atoms with Crippen LogP contribution < -0.4 is 9.47 Å². The van der Waals surface area contributed by atoms with Gasteiger partial charge in [-0.05, 0) is 0 Å². The van der Waals surface area contributed by atoms with Crippen LogP contribution in [0.2, 0.25) is 0 Å². The van der Waals surface area contributed by atoms with E-state index in [4.69, 9.17) is 9.47 Å². The van der Waals surface area contributed by atoms with Gasteiger partial charge in [0.05, 0.1) is 25.1 Å². The van der Waals surface area contributed by atoms with Crippen LogP contribution in [0.15, 0.2) is 24.7 Å². The lowest BCUT2D eigenvalue weighted by Gasteiger charge is -2.07. The minimum Gasteiger partial charge on any atom is -0.486 e. The Balaban J connectivity index is 2.12. The second-order valence-electron chi connectivity index (χ2n) is 3.28. The average molecular weight is 233 g/mol. The molecule has 0 spiro atoms. The largest absolute Gasteiger partial charge is 0.486 e. The number of nitrogens with one attached hydrogen (secondary N) is 1. The van der Waals surface area contributed by atoms with Crippen LogP contribution in [0.4, 0.5) is 0 Å². The number of ether oxygens (including phenoxy) is 2. The Morgan fingerprint density at radius 3 is 3.00 bits per heavy atom. The number of hydrogen-bond donors (Lipinski definition) is 1. The van der Waals surface area contributed by atoms with Crippen molar-refractivity contribution in [1.82, 2.24) is 15.2 Å². The highest BCUT2D eigenvalue weighted by atomic mass is 16.5. The molecule has 17 heavy (non-hydrogen) atoms. The van der Waals surface area contributed by atoms with E-state index in [0.717, 1.165) is 5.56 Å². The van der Waals surface area contributed by atoms with E-state index in [9.17, 15) is 4.79 Å². The second kappa shape index (κ2) is 5.11. The summed E-state index contributed by atoms with van der Waals surface area (Å²) in [4.78, 5) is 14.9. The van der Waals surface area contributed by atoms with E-state index in [1.54, 1.807) is 12.4 Å². The molecule has 6 heteroatoms. The molecule has 0 aliphatic heterocycles. The van der Waals surface area contributed by atoms with Crippen molar-refractivity contribution in [3.63, 3.8) is 0 Å². The fraction of sp³-hybridized carbons (Fsp3) is 0.182. The summed E-state index contributed by atoms with van der Waals surface area (Å²) in [6, 6.07) is 1.53. The van der Waals surface area contributed by atoms with Crippen LogP contribution in [0.5, 0.6) is 11.6 Å². The molecule has 0 aromatic carbocycles. The smallest absolute Gasteiger partial charge is 0.213 e. The van der Waals surface area contributed by atoms with Gasteiger partial charge in [0.1, 0.15) is 12.4 Å². The molecular weight excluding hydrogens is 222 g/mol. The maximum atomic E-state index is 10.9. The molecule has 0 aliphatic carbocycles. The van der Waals surface area contributed by atoms with Gasteiger partial charge in [-0.3, -0.25) is 9.89 Å². The predicted octanol–water partition coefficient (Wildman–Crippen LogP) is 1.20. The van der Waals surface area contributed by atoms with Gasteiger partial charge < -0.3 is 9.47 Å². The molecule has 1 N–H and O–H groups in total. The van der Waals surface area contributed by atoms with Crippen LogP contribution in [0.3, 0.4) is 0 Å². The molecule has 0 amide bonds. The Labute approximate surface area is 97.6 Å². The maximum absolute atomic E-state index is 10.9. The first-order chi connectivity index (χ1) is 8.33. The van der Waals surface area contributed by atoms with Gasteiger partial charge in [-0.15, -0.1) is 0 Å². The maximum Gasteiger partial charge on any atom is 0.213 e. The number of carbonyl (C=O) groups excluding carboxylic acids is 1. The zero-order valence-corrected chi connectivity index (χ0v) is 9.21. The number of aldehydes is 1. The Morgan fingerprint density at radius 1 is 1.47 bits per heavy atom. The topological polar surface area (TPSA) is 77.1 Å². The number of aromatic amines is 1. The summed E-state index contributed by atoms with van der Waals surface area (Å²) in [5, 5.41) is 6.47. The first-order valence-corrected chi connectivity index (χ1v) is 4.93. The van der Waals surface area contributed by atoms with E-state index >= 15 is 0 Å². The molecule has 0 saturated heterocycles. The molecule has 6 nitrogen and oxygen atoms in total. The molecule has 0 fully saturated rings. The monoisotopic (exact) mass is 233 g/mol. The molecule has 2 aromatic heterocycles. The van der Waals surface area contributed by atoms with Gasteiger partial charge in [-0.25, -0.2) is 4.98 Å². The zero-order valence-electron chi connectivity index (χ0n) is 9.21. The van der Waals surface area contributed by atoms with E-state index in [1.165, 1.54) is 19.4 Å². The van der Waals surface area contributed by atoms with Gasteiger partial charge in [-0.2, -0.15) is 5.10 Å². The Morgan fingerprint density at radius 2 is 2.35 bits per heavy atom. The van der Waals surface area contributed by atoms with Crippen molar-refractivity contribution in [1.29, 1.82) is 0 Å². The molecule has 0 radical (unpaired) electrons. The average Bonchev–Trinajstić information content (AvgIpc) is 2.89. The number of carbonyl (C=O) groups is 1. The van der Waals surface area contributed by atoms with E-state index in [-0.39, 0.29) is 0 Å². The molecule has 2 aromatic rings. The minimum absolute atomic E-state index is 0.325. The summed E-state index contributed by atoms with van der Waals surface area (Å²) >= 11 is 0. The minimum atomic E-state index is 0.325. The second-order valence-corrected chi connectivity index (χ2v) is 3.28. The highest BCUT2D eigenvalue weighted by molar-refractivity contribution is 5.79. The number of nitrogens with zero attached hydrogens (tertiary/aromatic N) is 2. The summed E-state index contributed by atoms with van der Waals surface area (Å²) in [5.74, 6) is 0.796. The molecule has 0 aliphatic rings. The molecule has 2 heterocycles. The van der Waals surface area contributed by atoms with Crippen molar-refractivity contribution in [2.75, 3.05) is 7.11 Å². The standard InChI is InChI=1S/C11H11N3O3/c1-16-11-2-9(6-15)10(5-12-11)17-7-8-3-13-14-4-8/h2-6H,7H2,1H3,(H,13,14). The number of H-pyrrole nitrogens is 1. The molecule has 0 saturated carbocycles. The van der Waals surface area contributed by atoms with Gasteiger partial charge in [0, 0.05) is 17.8 Å². The first kappa shape index (κ1) is 11.1. The summed E-state index contributed by atoms with van der Waals surface area (Å²) in [5.41, 5.74) is 1.29. The number of rotatable bonds is 5. The Hall–Kier alpha value is -2.37. The molecule has 88 valence electrons. The molecule has 2 rings (SSSR count). The van der Waals surface area contributed by atoms with Crippen LogP contribution in [0.25, 0.3) is 0 Å². The van der Waals surface area contributed by atoms with Crippen LogP contribution in [0, 0.1) is 0 Å². The van der Waals surface area contributed by atoms with Gasteiger partial charge in [-0.1, -0.05) is 0 Å². The number of pyridine rings is 1. The van der Waals surface area contributed by atoms with Crippen molar-refractivity contribution in [2.45, 2.75) is 6.61 Å². The molecule has 0 atom stereocenters. The lowest BCUT2D eigenvalue weighted by molar-refractivity contribution is 0.111. The lowest BCUT2D eigenvalue weighted by Crippen LogP contribution is -1.99. The summed E-state index contributed by atoms with van der Waals surface area (Å²) < 4.78 is 10.4. The van der Waals surface area contributed by atoms with E-state index in [1.807, 2.05) is 0 Å². The van der Waals surface area contributed by atoms with Crippen molar-refractivity contribution in [3.8, 4) is 11.6 Å². The Kier molecular flexibility index (Phi) is 3.34. The Bertz CT molecular complexity index is 497. The van der Waals surface area contributed by atoms with E-state index in [2.05, 4.69) is 15.2 Å². The van der Waals surface area contributed by atoms with Crippen molar-refractivity contribution in [2.24, 2.45) is 0 Å². The van der Waals surface area contributed by atoms with Crippen LogP contribution >= 0.6 is 0 Å². The highest BCUT2D eigenvalue weighted by Gasteiger charge is 2.06. The summed E-state index contributed by atoms with van der Waals surface area (Å²) in [7, 11) is 1.49. The third-order valence-electron chi connectivity index (χ3n) is 2.16. The zero-order chi connectivity index (χ0) is 12.1. The molecule has 0 bridgehead atoms. The number of aromatic nitrogens is 3. The van der Waals surface area contributed by atoms with Crippen LogP contribution in [0.1, 0.15) is 15.9 Å². The van der Waals surface area contributed by atoms with Gasteiger partial charge in [0.15, 0.2) is 6.29 Å². The summed E-state index contributed by atoms with van der Waals surface area (Å²) in [6.45, 7) is 0.325. The van der Waals surface area contributed by atoms with Crippen molar-refractivity contribution >= 4 is 6.29 Å². The highest BCUT2D eigenvalue weighted by Crippen LogP contribution is 2.20. The quantitative estimate of drug-likeness (QED) is 0.785.